The average Bonchev–Trinajstić information content (AvgIpc) is 3.37. The van der Waals surface area contributed by atoms with Gasteiger partial charge in [-0.3, -0.25) is 4.79 Å². The summed E-state index contributed by atoms with van der Waals surface area (Å²) in [6.45, 7) is 3.58. The normalized spacial score (nSPS) is 16.1. The van der Waals surface area contributed by atoms with Crippen LogP contribution in [0, 0.1) is 0 Å². The minimum absolute atomic E-state index is 0.0485. The highest BCUT2D eigenvalue weighted by molar-refractivity contribution is 5.94. The number of aromatic nitrogens is 2. The number of nitrogens with zero attached hydrogens (tertiary/aromatic N) is 3. The van der Waals surface area contributed by atoms with E-state index in [0.717, 1.165) is 42.7 Å². The molecule has 1 amide bonds. The van der Waals surface area contributed by atoms with Crippen molar-refractivity contribution in [1.82, 2.24) is 15.0 Å². The van der Waals surface area contributed by atoms with Crippen LogP contribution in [-0.2, 0) is 6.42 Å². The molecule has 4 rings (SSSR count). The smallest absolute Gasteiger partial charge is 0.253 e. The fourth-order valence-corrected chi connectivity index (χ4v) is 4.40. The Hall–Kier alpha value is -3.15. The van der Waals surface area contributed by atoms with Gasteiger partial charge in [0.15, 0.2) is 0 Å². The van der Waals surface area contributed by atoms with Gasteiger partial charge >= 0.3 is 0 Å². The number of rotatable bonds is 9. The number of unbranched alkanes of at least 4 members (excludes halogenated alkanes) is 3. The third-order valence-corrected chi connectivity index (χ3v) is 6.35. The molecular formula is C27H33N3O3. The highest BCUT2D eigenvalue weighted by Crippen LogP contribution is 2.29. The Morgan fingerprint density at radius 3 is 2.79 bits per heavy atom. The van der Waals surface area contributed by atoms with Crippen LogP contribution in [0.2, 0.25) is 0 Å². The van der Waals surface area contributed by atoms with E-state index < -0.39 is 0 Å². The Kier molecular flexibility index (Phi) is 7.76. The molecule has 1 atom stereocenters. The van der Waals surface area contributed by atoms with Gasteiger partial charge in [-0.1, -0.05) is 55.6 Å². The van der Waals surface area contributed by atoms with Gasteiger partial charge in [-0.25, -0.2) is 0 Å². The summed E-state index contributed by atoms with van der Waals surface area (Å²) in [6, 6.07) is 15.7. The van der Waals surface area contributed by atoms with E-state index in [1.165, 1.54) is 31.2 Å². The molecule has 33 heavy (non-hydrogen) atoms. The van der Waals surface area contributed by atoms with Crippen molar-refractivity contribution in [2.75, 3.05) is 20.2 Å². The molecular weight excluding hydrogens is 414 g/mol. The molecule has 3 aromatic rings. The molecule has 0 aliphatic carbocycles. The number of ether oxygens (including phenoxy) is 1. The van der Waals surface area contributed by atoms with Crippen LogP contribution < -0.4 is 4.74 Å². The molecule has 0 radical (unpaired) electrons. The first-order valence-corrected chi connectivity index (χ1v) is 12.0. The van der Waals surface area contributed by atoms with Crippen LogP contribution >= 0.6 is 0 Å². The summed E-state index contributed by atoms with van der Waals surface area (Å²) in [5, 5.41) is 4.17. The van der Waals surface area contributed by atoms with Crippen molar-refractivity contribution in [3.63, 3.8) is 0 Å². The zero-order valence-electron chi connectivity index (χ0n) is 19.6. The molecule has 0 bridgehead atoms. The van der Waals surface area contributed by atoms with Gasteiger partial charge in [0.2, 0.25) is 11.7 Å². The van der Waals surface area contributed by atoms with Crippen molar-refractivity contribution >= 4 is 5.91 Å². The first-order chi connectivity index (χ1) is 16.2. The summed E-state index contributed by atoms with van der Waals surface area (Å²) in [6.07, 6.45) is 7.93. The Morgan fingerprint density at radius 2 is 2.00 bits per heavy atom. The lowest BCUT2D eigenvalue weighted by Gasteiger charge is -2.31. The zero-order chi connectivity index (χ0) is 23.0. The van der Waals surface area contributed by atoms with Gasteiger partial charge in [-0.15, -0.1) is 0 Å². The molecule has 1 unspecified atom stereocenters. The standard InChI is InChI=1S/C27H33N3O3/c1-3-4-5-6-9-20-13-15-21(16-14-20)27(31)30-17-8-11-23(19-30)26-28-25(29-33-26)22-10-7-12-24(18-22)32-2/h7,10,12-16,18,23H,3-6,8-9,11,17,19H2,1-2H3. The molecule has 6 heteroatoms. The van der Waals surface area contributed by atoms with Crippen molar-refractivity contribution in [2.45, 2.75) is 57.8 Å². The Balaban J connectivity index is 1.38. The quantitative estimate of drug-likeness (QED) is 0.383. The molecule has 174 valence electrons. The van der Waals surface area contributed by atoms with Gasteiger partial charge < -0.3 is 14.2 Å². The second-order valence-corrected chi connectivity index (χ2v) is 8.79. The Labute approximate surface area is 196 Å². The number of methoxy groups -OCH3 is 1. The van der Waals surface area contributed by atoms with E-state index in [1.807, 2.05) is 41.3 Å². The minimum Gasteiger partial charge on any atom is -0.497 e. The average molecular weight is 448 g/mol. The predicted molar refractivity (Wildman–Crippen MR) is 128 cm³/mol. The summed E-state index contributed by atoms with van der Waals surface area (Å²) >= 11 is 0. The predicted octanol–water partition coefficient (Wildman–Crippen LogP) is 5.89. The molecule has 0 N–H and O–H groups in total. The van der Waals surface area contributed by atoms with Crippen LogP contribution in [0.1, 0.15) is 73.2 Å². The number of likely N-dealkylation sites (tertiary alicyclic amines) is 1. The maximum absolute atomic E-state index is 13.1. The fraction of sp³-hybridized carbons (Fsp3) is 0.444. The monoisotopic (exact) mass is 447 g/mol. The molecule has 2 heterocycles. The molecule has 2 aromatic carbocycles. The Bertz CT molecular complexity index is 1040. The minimum atomic E-state index is 0.0485. The zero-order valence-corrected chi connectivity index (χ0v) is 19.6. The van der Waals surface area contributed by atoms with E-state index in [-0.39, 0.29) is 11.8 Å². The van der Waals surface area contributed by atoms with Crippen molar-refractivity contribution in [1.29, 1.82) is 0 Å². The maximum atomic E-state index is 13.1. The lowest BCUT2D eigenvalue weighted by Crippen LogP contribution is -2.39. The first kappa shape index (κ1) is 23.0. The van der Waals surface area contributed by atoms with Crippen molar-refractivity contribution < 1.29 is 14.1 Å². The van der Waals surface area contributed by atoms with E-state index in [4.69, 9.17) is 9.26 Å². The van der Waals surface area contributed by atoms with Crippen LogP contribution in [0.5, 0.6) is 5.75 Å². The number of piperidine rings is 1. The van der Waals surface area contributed by atoms with Crippen LogP contribution in [-0.4, -0.2) is 41.1 Å². The summed E-state index contributed by atoms with van der Waals surface area (Å²) < 4.78 is 10.9. The second kappa shape index (κ2) is 11.1. The summed E-state index contributed by atoms with van der Waals surface area (Å²) in [5.41, 5.74) is 2.90. The highest BCUT2D eigenvalue weighted by Gasteiger charge is 2.29. The lowest BCUT2D eigenvalue weighted by molar-refractivity contribution is 0.0695. The third kappa shape index (κ3) is 5.81. The molecule has 0 saturated carbocycles. The van der Waals surface area contributed by atoms with Crippen LogP contribution in [0.4, 0.5) is 0 Å². The molecule has 1 saturated heterocycles. The van der Waals surface area contributed by atoms with E-state index in [1.54, 1.807) is 7.11 Å². The topological polar surface area (TPSA) is 68.5 Å². The summed E-state index contributed by atoms with van der Waals surface area (Å²) in [4.78, 5) is 19.7. The number of aryl methyl sites for hydroxylation is 1. The number of amides is 1. The van der Waals surface area contributed by atoms with Crippen LogP contribution in [0.3, 0.4) is 0 Å². The van der Waals surface area contributed by atoms with E-state index in [9.17, 15) is 4.79 Å². The largest absolute Gasteiger partial charge is 0.497 e. The number of hydrogen-bond acceptors (Lipinski definition) is 5. The van der Waals surface area contributed by atoms with Gasteiger partial charge in [-0.2, -0.15) is 4.98 Å². The molecule has 1 fully saturated rings. The lowest BCUT2D eigenvalue weighted by atomic mass is 9.97. The van der Waals surface area contributed by atoms with Gasteiger partial charge in [0, 0.05) is 24.2 Å². The van der Waals surface area contributed by atoms with Gasteiger partial charge in [0.1, 0.15) is 5.75 Å². The molecule has 1 aromatic heterocycles. The summed E-state index contributed by atoms with van der Waals surface area (Å²) in [7, 11) is 1.63. The third-order valence-electron chi connectivity index (χ3n) is 6.35. The molecule has 6 nitrogen and oxygen atoms in total. The van der Waals surface area contributed by atoms with Crippen LogP contribution in [0.25, 0.3) is 11.4 Å². The van der Waals surface area contributed by atoms with Gasteiger partial charge in [-0.05, 0) is 55.5 Å². The van der Waals surface area contributed by atoms with Crippen molar-refractivity contribution in [3.05, 3.63) is 65.5 Å². The number of carbonyl (C=O) groups is 1. The van der Waals surface area contributed by atoms with E-state index >= 15 is 0 Å². The molecule has 0 spiro atoms. The fourth-order valence-electron chi connectivity index (χ4n) is 4.40. The first-order valence-electron chi connectivity index (χ1n) is 12.0. The van der Waals surface area contributed by atoms with E-state index in [0.29, 0.717) is 18.3 Å². The number of carbonyl (C=O) groups excluding carboxylic acids is 1. The molecule has 1 aliphatic rings. The highest BCUT2D eigenvalue weighted by atomic mass is 16.5. The van der Waals surface area contributed by atoms with Crippen molar-refractivity contribution in [2.24, 2.45) is 0 Å². The second-order valence-electron chi connectivity index (χ2n) is 8.79. The molecule has 1 aliphatic heterocycles. The van der Waals surface area contributed by atoms with Gasteiger partial charge in [0.25, 0.3) is 5.91 Å². The maximum Gasteiger partial charge on any atom is 0.253 e. The number of hydrogen-bond donors (Lipinski definition) is 0. The summed E-state index contributed by atoms with van der Waals surface area (Å²) in [5.74, 6) is 2.01. The SMILES string of the molecule is CCCCCCc1ccc(C(=O)N2CCCC(c3nc(-c4cccc(OC)c4)no3)C2)cc1. The van der Waals surface area contributed by atoms with Gasteiger partial charge in [0.05, 0.1) is 13.0 Å². The van der Waals surface area contributed by atoms with Crippen molar-refractivity contribution in [3.8, 4) is 17.1 Å². The van der Waals surface area contributed by atoms with E-state index in [2.05, 4.69) is 29.2 Å². The number of benzene rings is 2. The van der Waals surface area contributed by atoms with Crippen LogP contribution in [0.15, 0.2) is 53.1 Å². The Morgan fingerprint density at radius 1 is 1.15 bits per heavy atom.